The van der Waals surface area contributed by atoms with Crippen molar-refractivity contribution >= 4 is 16.1 Å². The molecule has 9 heavy (non-hydrogen) atoms. The van der Waals surface area contributed by atoms with Gasteiger partial charge in [-0.25, -0.2) is 8.42 Å². The molecule has 0 unspecified atom stereocenters. The Hall–Kier alpha value is -0.620. The minimum absolute atomic E-state index is 0.730. The summed E-state index contributed by atoms with van der Waals surface area (Å²) in [7, 11) is -4.39. The highest BCUT2D eigenvalue weighted by Crippen LogP contribution is 1.84. The third kappa shape index (κ3) is 7.38. The van der Waals surface area contributed by atoms with Crippen LogP contribution in [0, 0.1) is 0 Å². The Balaban J connectivity index is 3.67. The normalized spacial score (nSPS) is 11.2. The molecule has 0 aromatic carbocycles. The highest BCUT2D eigenvalue weighted by Gasteiger charge is 1.93. The minimum atomic E-state index is -4.39. The zero-order chi connectivity index (χ0) is 7.49. The predicted molar refractivity (Wildman–Crippen MR) is 24.2 cm³/mol. The summed E-state index contributed by atoms with van der Waals surface area (Å²) in [6.07, 6.45) is -0.730. The van der Waals surface area contributed by atoms with E-state index in [1.165, 1.54) is 0 Å². The largest absolute Gasteiger partial charge is 0.748 e. The standard InChI is InChI=1S/C3H6O5S/c4-3(5)1-2-9(6,7)8/h1-2H2,(H,4,5)(H,6,7,8)/p-2. The first-order chi connectivity index (χ1) is 3.92. The van der Waals surface area contributed by atoms with Crippen LogP contribution < -0.4 is 5.11 Å². The molecule has 0 aliphatic rings. The highest BCUT2D eigenvalue weighted by molar-refractivity contribution is 7.85. The number of carboxylic acids is 1. The number of carbonyl (C=O) groups is 1. The molecule has 0 heterocycles. The first-order valence-electron chi connectivity index (χ1n) is 2.05. The van der Waals surface area contributed by atoms with Crippen LogP contribution in [0.25, 0.3) is 0 Å². The molecule has 0 aromatic heterocycles. The van der Waals surface area contributed by atoms with E-state index in [2.05, 4.69) is 0 Å². The molecular weight excluding hydrogens is 148 g/mol. The topological polar surface area (TPSA) is 97.3 Å². The lowest BCUT2D eigenvalue weighted by Gasteiger charge is -2.05. The average Bonchev–Trinajstić information content (AvgIpc) is 1.59. The number of hydrogen-bond donors (Lipinski definition) is 0. The molecule has 0 saturated heterocycles. The number of hydrogen-bond acceptors (Lipinski definition) is 5. The van der Waals surface area contributed by atoms with Crippen LogP contribution in [0.4, 0.5) is 0 Å². The Labute approximate surface area is 52.1 Å². The molecule has 54 valence electrons. The molecule has 0 rings (SSSR count). The van der Waals surface area contributed by atoms with Crippen molar-refractivity contribution < 1.29 is 22.9 Å². The summed E-state index contributed by atoms with van der Waals surface area (Å²) in [6.45, 7) is 0. The van der Waals surface area contributed by atoms with Gasteiger partial charge in [0.1, 0.15) is 0 Å². The van der Waals surface area contributed by atoms with Gasteiger partial charge in [-0.3, -0.25) is 0 Å². The number of carboxylic acid groups (broad SMARTS) is 1. The summed E-state index contributed by atoms with van der Waals surface area (Å²) in [5.74, 6) is -2.43. The second-order valence-corrected chi connectivity index (χ2v) is 2.91. The van der Waals surface area contributed by atoms with E-state index < -0.39 is 28.3 Å². The van der Waals surface area contributed by atoms with E-state index in [0.29, 0.717) is 0 Å². The van der Waals surface area contributed by atoms with Crippen LogP contribution >= 0.6 is 0 Å². The van der Waals surface area contributed by atoms with Crippen LogP contribution in [0.2, 0.25) is 0 Å². The van der Waals surface area contributed by atoms with E-state index >= 15 is 0 Å². The van der Waals surface area contributed by atoms with Gasteiger partial charge in [0.15, 0.2) is 0 Å². The van der Waals surface area contributed by atoms with Crippen molar-refractivity contribution in [3.05, 3.63) is 0 Å². The molecule has 0 aromatic rings. The van der Waals surface area contributed by atoms with Crippen molar-refractivity contribution in [1.29, 1.82) is 0 Å². The van der Waals surface area contributed by atoms with Gasteiger partial charge in [-0.15, -0.1) is 0 Å². The van der Waals surface area contributed by atoms with Gasteiger partial charge in [-0.1, -0.05) is 0 Å². The summed E-state index contributed by atoms with van der Waals surface area (Å²) in [5.41, 5.74) is 0. The Bertz CT molecular complexity index is 190. The molecular formula is C3H4O5S-2. The molecule has 0 atom stereocenters. The number of aliphatic carboxylic acids is 1. The molecule has 0 spiro atoms. The molecule has 0 aliphatic heterocycles. The monoisotopic (exact) mass is 152 g/mol. The second kappa shape index (κ2) is 2.79. The molecule has 0 saturated carbocycles. The molecule has 0 aliphatic carbocycles. The summed E-state index contributed by atoms with van der Waals surface area (Å²) >= 11 is 0. The molecule has 0 N–H and O–H groups in total. The minimum Gasteiger partial charge on any atom is -0.748 e. The van der Waals surface area contributed by atoms with Gasteiger partial charge in [-0.2, -0.15) is 0 Å². The van der Waals surface area contributed by atoms with Gasteiger partial charge >= 0.3 is 0 Å². The van der Waals surface area contributed by atoms with Crippen LogP contribution in [0.3, 0.4) is 0 Å². The third-order valence-electron chi connectivity index (χ3n) is 0.556. The third-order valence-corrected chi connectivity index (χ3v) is 1.26. The number of rotatable bonds is 3. The fraction of sp³-hybridized carbons (Fsp3) is 0.667. The van der Waals surface area contributed by atoms with Crippen LogP contribution in [0.15, 0.2) is 0 Å². The maximum Gasteiger partial charge on any atom is 0.0949 e. The summed E-state index contributed by atoms with van der Waals surface area (Å²) < 4.78 is 29.1. The fourth-order valence-electron chi connectivity index (χ4n) is 0.208. The Kier molecular flexibility index (Phi) is 2.60. The molecule has 6 heteroatoms. The van der Waals surface area contributed by atoms with Crippen molar-refractivity contribution in [3.8, 4) is 0 Å². The predicted octanol–water partition coefficient (Wildman–Crippen LogP) is -2.33. The van der Waals surface area contributed by atoms with Gasteiger partial charge in [0.05, 0.1) is 10.1 Å². The van der Waals surface area contributed by atoms with E-state index in [-0.39, 0.29) is 0 Å². The van der Waals surface area contributed by atoms with E-state index in [1.807, 2.05) is 0 Å². The van der Waals surface area contributed by atoms with Crippen molar-refractivity contribution in [3.63, 3.8) is 0 Å². The second-order valence-electron chi connectivity index (χ2n) is 1.38. The lowest BCUT2D eigenvalue weighted by atomic mass is 10.5. The highest BCUT2D eigenvalue weighted by atomic mass is 32.2. The molecule has 5 nitrogen and oxygen atoms in total. The Morgan fingerprint density at radius 1 is 1.44 bits per heavy atom. The van der Waals surface area contributed by atoms with E-state index in [1.54, 1.807) is 0 Å². The van der Waals surface area contributed by atoms with Gasteiger partial charge < -0.3 is 14.5 Å². The van der Waals surface area contributed by atoms with E-state index in [9.17, 15) is 22.9 Å². The van der Waals surface area contributed by atoms with Crippen molar-refractivity contribution in [2.45, 2.75) is 6.42 Å². The van der Waals surface area contributed by atoms with Crippen molar-refractivity contribution in [1.82, 2.24) is 0 Å². The van der Waals surface area contributed by atoms with Crippen LogP contribution in [0.5, 0.6) is 0 Å². The lowest BCUT2D eigenvalue weighted by molar-refractivity contribution is -0.305. The summed E-state index contributed by atoms with van der Waals surface area (Å²) in [6, 6.07) is 0. The molecule has 0 bridgehead atoms. The molecule has 0 amide bonds. The van der Waals surface area contributed by atoms with Crippen molar-refractivity contribution in [2.24, 2.45) is 0 Å². The number of carbonyl (C=O) groups excluding carboxylic acids is 1. The van der Waals surface area contributed by atoms with Gasteiger partial charge in [-0.05, 0) is 6.42 Å². The van der Waals surface area contributed by atoms with Gasteiger partial charge in [0.2, 0.25) is 0 Å². The SMILES string of the molecule is O=C([O-])CCS(=O)(=O)[O-]. The quantitative estimate of drug-likeness (QED) is 0.422. The molecule has 0 radical (unpaired) electrons. The van der Waals surface area contributed by atoms with Crippen LogP contribution in [-0.4, -0.2) is 24.7 Å². The Morgan fingerprint density at radius 2 is 1.89 bits per heavy atom. The first-order valence-corrected chi connectivity index (χ1v) is 3.63. The van der Waals surface area contributed by atoms with Crippen LogP contribution in [-0.2, 0) is 14.9 Å². The van der Waals surface area contributed by atoms with Crippen LogP contribution in [0.1, 0.15) is 6.42 Å². The Morgan fingerprint density at radius 3 is 2.00 bits per heavy atom. The summed E-state index contributed by atoms with van der Waals surface area (Å²) in [5, 5.41) is 9.53. The van der Waals surface area contributed by atoms with Gasteiger partial charge in [0, 0.05) is 11.7 Å². The van der Waals surface area contributed by atoms with E-state index in [4.69, 9.17) is 0 Å². The van der Waals surface area contributed by atoms with Crippen molar-refractivity contribution in [2.75, 3.05) is 5.75 Å². The first kappa shape index (κ1) is 8.38. The smallest absolute Gasteiger partial charge is 0.0949 e. The fourth-order valence-corrected chi connectivity index (χ4v) is 0.625. The zero-order valence-electron chi connectivity index (χ0n) is 4.36. The lowest BCUT2D eigenvalue weighted by Crippen LogP contribution is -2.24. The average molecular weight is 152 g/mol. The van der Waals surface area contributed by atoms with E-state index in [0.717, 1.165) is 0 Å². The maximum atomic E-state index is 9.69. The zero-order valence-corrected chi connectivity index (χ0v) is 5.18. The van der Waals surface area contributed by atoms with Gasteiger partial charge in [0.25, 0.3) is 0 Å². The molecule has 0 fully saturated rings. The summed E-state index contributed by atoms with van der Waals surface area (Å²) in [4.78, 5) is 9.53. The maximum absolute atomic E-state index is 9.69.